The summed E-state index contributed by atoms with van der Waals surface area (Å²) in [6, 6.07) is 5.31. The fourth-order valence-corrected chi connectivity index (χ4v) is 3.00. The molecule has 0 spiro atoms. The van der Waals surface area contributed by atoms with E-state index >= 15 is 0 Å². The van der Waals surface area contributed by atoms with Crippen LogP contribution in [0.3, 0.4) is 0 Å². The van der Waals surface area contributed by atoms with Gasteiger partial charge in [0.2, 0.25) is 11.1 Å². The van der Waals surface area contributed by atoms with Gasteiger partial charge in [-0.25, -0.2) is 4.68 Å². The van der Waals surface area contributed by atoms with Crippen molar-refractivity contribution in [1.29, 1.82) is 0 Å². The monoisotopic (exact) mass is 393 g/mol. The van der Waals surface area contributed by atoms with Crippen LogP contribution >= 0.6 is 11.8 Å². The van der Waals surface area contributed by atoms with Crippen LogP contribution in [0, 0.1) is 0 Å². The van der Waals surface area contributed by atoms with Crippen molar-refractivity contribution in [3.63, 3.8) is 0 Å². The Labute approximate surface area is 163 Å². The van der Waals surface area contributed by atoms with Crippen molar-refractivity contribution in [2.75, 3.05) is 30.1 Å². The molecule has 27 heavy (non-hydrogen) atoms. The van der Waals surface area contributed by atoms with Crippen molar-refractivity contribution in [2.24, 2.45) is 0 Å². The number of carbonyl (C=O) groups is 1. The molecule has 0 saturated carbocycles. The van der Waals surface area contributed by atoms with Crippen LogP contribution in [-0.4, -0.2) is 39.7 Å². The quantitative estimate of drug-likeness (QED) is 0.525. The van der Waals surface area contributed by atoms with Crippen LogP contribution in [0.15, 0.2) is 23.4 Å². The Morgan fingerprint density at radius 1 is 1.19 bits per heavy atom. The molecule has 0 unspecified atom stereocenters. The third-order valence-electron chi connectivity index (χ3n) is 3.49. The summed E-state index contributed by atoms with van der Waals surface area (Å²) in [6.45, 7) is 10.9. The van der Waals surface area contributed by atoms with E-state index < -0.39 is 0 Å². The molecule has 0 aliphatic carbocycles. The van der Waals surface area contributed by atoms with E-state index in [0.717, 1.165) is 0 Å². The van der Waals surface area contributed by atoms with Gasteiger partial charge in [0, 0.05) is 17.2 Å². The van der Waals surface area contributed by atoms with Crippen LogP contribution in [0.25, 0.3) is 0 Å². The van der Waals surface area contributed by atoms with Gasteiger partial charge in [-0.2, -0.15) is 0 Å². The van der Waals surface area contributed by atoms with Crippen molar-refractivity contribution in [2.45, 2.75) is 45.2 Å². The van der Waals surface area contributed by atoms with Gasteiger partial charge in [-0.1, -0.05) is 32.5 Å². The van der Waals surface area contributed by atoms with Gasteiger partial charge in [-0.05, 0) is 26.0 Å². The largest absolute Gasteiger partial charge is 0.490 e. The third-order valence-corrected chi connectivity index (χ3v) is 4.44. The molecule has 1 aromatic carbocycles. The average Bonchev–Trinajstić information content (AvgIpc) is 2.97. The molecule has 8 nitrogen and oxygen atoms in total. The molecule has 0 bridgehead atoms. The molecule has 2 rings (SSSR count). The second kappa shape index (κ2) is 8.98. The SMILES string of the molecule is CCOc1ccc(NC(=O)CSc2nnc(C(C)(C)C)n2N)cc1OCC. The molecule has 2 aromatic rings. The number of hydrogen-bond donors (Lipinski definition) is 2. The number of aromatic nitrogens is 3. The predicted octanol–water partition coefficient (Wildman–Crippen LogP) is 2.82. The first-order valence-electron chi connectivity index (χ1n) is 8.79. The van der Waals surface area contributed by atoms with Crippen molar-refractivity contribution >= 4 is 23.4 Å². The molecule has 1 heterocycles. The van der Waals surface area contributed by atoms with Crippen molar-refractivity contribution in [1.82, 2.24) is 14.9 Å². The molecule has 0 saturated heterocycles. The fourth-order valence-electron chi connectivity index (χ4n) is 2.34. The van der Waals surface area contributed by atoms with E-state index in [9.17, 15) is 4.79 Å². The Hall–Kier alpha value is -2.42. The fraction of sp³-hybridized carbons (Fsp3) is 0.500. The molecule has 1 amide bonds. The molecule has 9 heteroatoms. The van der Waals surface area contributed by atoms with Gasteiger partial charge in [0.05, 0.1) is 19.0 Å². The van der Waals surface area contributed by atoms with Gasteiger partial charge >= 0.3 is 0 Å². The van der Waals surface area contributed by atoms with E-state index in [1.165, 1.54) is 16.4 Å². The van der Waals surface area contributed by atoms with E-state index in [1.54, 1.807) is 18.2 Å². The van der Waals surface area contributed by atoms with Gasteiger partial charge in [0.1, 0.15) is 0 Å². The Bertz CT molecular complexity index is 786. The van der Waals surface area contributed by atoms with Gasteiger partial charge in [-0.15, -0.1) is 10.2 Å². The maximum atomic E-state index is 12.3. The van der Waals surface area contributed by atoms with Crippen LogP contribution in [-0.2, 0) is 10.2 Å². The van der Waals surface area contributed by atoms with Crippen molar-refractivity contribution in [3.05, 3.63) is 24.0 Å². The lowest BCUT2D eigenvalue weighted by Gasteiger charge is -2.16. The number of thioether (sulfide) groups is 1. The van der Waals surface area contributed by atoms with Crippen LogP contribution in [0.5, 0.6) is 11.5 Å². The number of amides is 1. The smallest absolute Gasteiger partial charge is 0.234 e. The number of hydrogen-bond acceptors (Lipinski definition) is 7. The summed E-state index contributed by atoms with van der Waals surface area (Å²) in [5, 5.41) is 11.5. The van der Waals surface area contributed by atoms with Crippen LogP contribution in [0.4, 0.5) is 5.69 Å². The first-order chi connectivity index (χ1) is 12.8. The number of carbonyl (C=O) groups excluding carboxylic acids is 1. The van der Waals surface area contributed by atoms with Gasteiger partial charge in [-0.3, -0.25) is 4.79 Å². The number of anilines is 1. The van der Waals surface area contributed by atoms with Crippen LogP contribution in [0.2, 0.25) is 0 Å². The predicted molar refractivity (Wildman–Crippen MR) is 107 cm³/mol. The van der Waals surface area contributed by atoms with Gasteiger partial charge in [0.15, 0.2) is 17.3 Å². The zero-order valence-electron chi connectivity index (χ0n) is 16.4. The zero-order chi connectivity index (χ0) is 20.0. The Morgan fingerprint density at radius 3 is 2.44 bits per heavy atom. The molecule has 1 aromatic heterocycles. The lowest BCUT2D eigenvalue weighted by molar-refractivity contribution is -0.113. The Balaban J connectivity index is 2.00. The minimum Gasteiger partial charge on any atom is -0.490 e. The first-order valence-corrected chi connectivity index (χ1v) is 9.78. The van der Waals surface area contributed by atoms with E-state index in [1.807, 2.05) is 34.6 Å². The summed E-state index contributed by atoms with van der Waals surface area (Å²) in [5.41, 5.74) is 0.415. The minimum atomic E-state index is -0.221. The van der Waals surface area contributed by atoms with Crippen LogP contribution < -0.4 is 20.6 Å². The van der Waals surface area contributed by atoms with Gasteiger partial charge in [0.25, 0.3) is 0 Å². The highest BCUT2D eigenvalue weighted by Crippen LogP contribution is 2.31. The number of nitrogen functional groups attached to an aromatic ring is 1. The number of ether oxygens (including phenoxy) is 2. The zero-order valence-corrected chi connectivity index (χ0v) is 17.2. The molecular weight excluding hydrogens is 366 g/mol. The standard InChI is InChI=1S/C18H27N5O3S/c1-6-25-13-9-8-12(10-14(13)26-7-2)20-15(24)11-27-17-22-21-16(23(17)19)18(3,4)5/h8-10H,6-7,11,19H2,1-5H3,(H,20,24). The third kappa shape index (κ3) is 5.53. The number of nitrogens with one attached hydrogen (secondary N) is 1. The summed E-state index contributed by atoms with van der Waals surface area (Å²) in [7, 11) is 0. The highest BCUT2D eigenvalue weighted by molar-refractivity contribution is 7.99. The maximum Gasteiger partial charge on any atom is 0.234 e. The molecule has 0 radical (unpaired) electrons. The topological polar surface area (TPSA) is 104 Å². The number of nitrogens with two attached hydrogens (primary N) is 1. The summed E-state index contributed by atoms with van der Waals surface area (Å²) >= 11 is 1.23. The minimum absolute atomic E-state index is 0.163. The molecule has 0 fully saturated rings. The van der Waals surface area contributed by atoms with Crippen molar-refractivity contribution in [3.8, 4) is 11.5 Å². The average molecular weight is 394 g/mol. The Morgan fingerprint density at radius 2 is 1.85 bits per heavy atom. The van der Waals surface area contributed by atoms with Crippen molar-refractivity contribution < 1.29 is 14.3 Å². The Kier molecular flexibility index (Phi) is 6.95. The summed E-state index contributed by atoms with van der Waals surface area (Å²) in [5.74, 6) is 7.94. The highest BCUT2D eigenvalue weighted by atomic mass is 32.2. The lowest BCUT2D eigenvalue weighted by Crippen LogP contribution is -2.24. The highest BCUT2D eigenvalue weighted by Gasteiger charge is 2.23. The van der Waals surface area contributed by atoms with Crippen LogP contribution in [0.1, 0.15) is 40.4 Å². The van der Waals surface area contributed by atoms with E-state index in [4.69, 9.17) is 15.3 Å². The molecule has 148 valence electrons. The number of nitrogens with zero attached hydrogens (tertiary/aromatic N) is 3. The summed E-state index contributed by atoms with van der Waals surface area (Å²) < 4.78 is 12.5. The second-order valence-corrected chi connectivity index (χ2v) is 7.73. The summed E-state index contributed by atoms with van der Waals surface area (Å²) in [6.07, 6.45) is 0. The normalized spacial score (nSPS) is 11.3. The number of benzene rings is 1. The second-order valence-electron chi connectivity index (χ2n) is 6.79. The number of rotatable bonds is 8. The molecule has 3 N–H and O–H groups in total. The van der Waals surface area contributed by atoms with E-state index in [2.05, 4.69) is 15.5 Å². The van der Waals surface area contributed by atoms with E-state index in [-0.39, 0.29) is 17.1 Å². The maximum absolute atomic E-state index is 12.3. The molecule has 0 aliphatic rings. The molecule has 0 aliphatic heterocycles. The van der Waals surface area contributed by atoms with Gasteiger partial charge < -0.3 is 20.6 Å². The molecular formula is C18H27N5O3S. The molecule has 0 atom stereocenters. The first kappa shape index (κ1) is 20.9. The summed E-state index contributed by atoms with van der Waals surface area (Å²) in [4.78, 5) is 12.3. The lowest BCUT2D eigenvalue weighted by atomic mass is 9.96. The van der Waals surface area contributed by atoms with E-state index in [0.29, 0.717) is 41.4 Å².